The molecule has 0 aromatic heterocycles. The maximum Gasteiger partial charge on any atom is 0.303 e. The zero-order valence-corrected chi connectivity index (χ0v) is 11.6. The van der Waals surface area contributed by atoms with E-state index in [1.54, 1.807) is 7.11 Å². The number of hydrogen-bond acceptors (Lipinski definition) is 3. The lowest BCUT2D eigenvalue weighted by atomic mass is 10.0. The number of hydrogen-bond donors (Lipinski definition) is 1. The van der Waals surface area contributed by atoms with E-state index in [9.17, 15) is 4.79 Å². The van der Waals surface area contributed by atoms with E-state index < -0.39 is 5.97 Å². The van der Waals surface area contributed by atoms with Crippen LogP contribution in [-0.2, 0) is 9.53 Å². The van der Waals surface area contributed by atoms with Crippen LogP contribution >= 0.6 is 0 Å². The van der Waals surface area contributed by atoms with Crippen molar-refractivity contribution in [2.75, 3.05) is 20.3 Å². The van der Waals surface area contributed by atoms with Crippen molar-refractivity contribution in [3.8, 4) is 0 Å². The van der Waals surface area contributed by atoms with Crippen LogP contribution in [0.1, 0.15) is 46.5 Å². The van der Waals surface area contributed by atoms with Gasteiger partial charge in [-0.15, -0.1) is 0 Å². The van der Waals surface area contributed by atoms with Crippen molar-refractivity contribution in [1.29, 1.82) is 0 Å². The van der Waals surface area contributed by atoms with Crippen molar-refractivity contribution in [2.45, 2.75) is 58.5 Å². The Kier molecular flexibility index (Phi) is 9.09. The lowest BCUT2D eigenvalue weighted by Crippen LogP contribution is -2.43. The molecule has 0 fully saturated rings. The molecule has 102 valence electrons. The number of ether oxygens (including phenoxy) is 1. The van der Waals surface area contributed by atoms with Gasteiger partial charge in [-0.3, -0.25) is 9.69 Å². The maximum atomic E-state index is 10.6. The Morgan fingerprint density at radius 1 is 1.35 bits per heavy atom. The predicted molar refractivity (Wildman–Crippen MR) is 69.3 cm³/mol. The van der Waals surface area contributed by atoms with E-state index in [2.05, 4.69) is 25.7 Å². The molecule has 0 aliphatic carbocycles. The molecule has 0 aliphatic heterocycles. The molecule has 0 saturated heterocycles. The molecule has 0 heterocycles. The topological polar surface area (TPSA) is 49.8 Å². The highest BCUT2D eigenvalue weighted by Gasteiger charge is 2.21. The summed E-state index contributed by atoms with van der Waals surface area (Å²) < 4.78 is 5.13. The monoisotopic (exact) mass is 245 g/mol. The largest absolute Gasteiger partial charge is 0.481 e. The van der Waals surface area contributed by atoms with Crippen molar-refractivity contribution >= 4 is 5.97 Å². The van der Waals surface area contributed by atoms with Gasteiger partial charge in [0.05, 0.1) is 6.61 Å². The van der Waals surface area contributed by atoms with Gasteiger partial charge in [-0.05, 0) is 26.2 Å². The van der Waals surface area contributed by atoms with Crippen LogP contribution in [0.5, 0.6) is 0 Å². The molecule has 4 nitrogen and oxygen atoms in total. The van der Waals surface area contributed by atoms with Crippen molar-refractivity contribution < 1.29 is 14.6 Å². The number of nitrogens with zero attached hydrogens (tertiary/aromatic N) is 1. The Labute approximate surface area is 105 Å². The Bertz CT molecular complexity index is 205. The van der Waals surface area contributed by atoms with Crippen molar-refractivity contribution in [3.63, 3.8) is 0 Å². The Hall–Kier alpha value is -0.610. The lowest BCUT2D eigenvalue weighted by Gasteiger charge is -2.35. The van der Waals surface area contributed by atoms with Crippen molar-refractivity contribution in [2.24, 2.45) is 0 Å². The molecule has 0 amide bonds. The van der Waals surface area contributed by atoms with Gasteiger partial charge in [0.25, 0.3) is 0 Å². The van der Waals surface area contributed by atoms with Gasteiger partial charge < -0.3 is 9.84 Å². The smallest absolute Gasteiger partial charge is 0.303 e. The molecule has 0 rings (SSSR count). The van der Waals surface area contributed by atoms with Gasteiger partial charge in [0.2, 0.25) is 0 Å². The highest BCUT2D eigenvalue weighted by atomic mass is 16.5. The third-order valence-corrected chi connectivity index (χ3v) is 3.31. The fourth-order valence-corrected chi connectivity index (χ4v) is 2.22. The van der Waals surface area contributed by atoms with E-state index in [0.29, 0.717) is 25.1 Å². The van der Waals surface area contributed by atoms with E-state index in [4.69, 9.17) is 9.84 Å². The van der Waals surface area contributed by atoms with Crippen molar-refractivity contribution in [3.05, 3.63) is 0 Å². The van der Waals surface area contributed by atoms with Crippen LogP contribution in [-0.4, -0.2) is 48.3 Å². The minimum Gasteiger partial charge on any atom is -0.481 e. The first-order valence-corrected chi connectivity index (χ1v) is 6.53. The molecule has 0 spiro atoms. The summed E-state index contributed by atoms with van der Waals surface area (Å²) >= 11 is 0. The van der Waals surface area contributed by atoms with E-state index >= 15 is 0 Å². The maximum absolute atomic E-state index is 10.6. The summed E-state index contributed by atoms with van der Waals surface area (Å²) in [5, 5.41) is 8.73. The first-order chi connectivity index (χ1) is 8.06. The first-order valence-electron chi connectivity index (χ1n) is 6.53. The second-order valence-corrected chi connectivity index (χ2v) is 4.48. The summed E-state index contributed by atoms with van der Waals surface area (Å²) in [4.78, 5) is 13.0. The molecule has 0 aromatic rings. The summed E-state index contributed by atoms with van der Waals surface area (Å²) in [6.45, 7) is 8.05. The molecular weight excluding hydrogens is 218 g/mol. The van der Waals surface area contributed by atoms with Gasteiger partial charge in [0, 0.05) is 32.2 Å². The Morgan fingerprint density at radius 2 is 1.94 bits per heavy atom. The van der Waals surface area contributed by atoms with Crippen LogP contribution in [0.2, 0.25) is 0 Å². The molecule has 0 aromatic carbocycles. The SMILES string of the molecule is CCC(CC)N(CCOC)C(C)CCC(=O)O. The second kappa shape index (κ2) is 9.42. The molecule has 1 atom stereocenters. The van der Waals surface area contributed by atoms with Gasteiger partial charge >= 0.3 is 5.97 Å². The molecule has 0 bridgehead atoms. The van der Waals surface area contributed by atoms with Crippen LogP contribution in [0.3, 0.4) is 0 Å². The molecule has 0 radical (unpaired) electrons. The van der Waals surface area contributed by atoms with Gasteiger partial charge in [-0.25, -0.2) is 0 Å². The van der Waals surface area contributed by atoms with Gasteiger partial charge in [-0.1, -0.05) is 13.8 Å². The fourth-order valence-electron chi connectivity index (χ4n) is 2.22. The summed E-state index contributed by atoms with van der Waals surface area (Å²) in [5.74, 6) is -0.715. The predicted octanol–water partition coefficient (Wildman–Crippen LogP) is 2.38. The third-order valence-electron chi connectivity index (χ3n) is 3.31. The second-order valence-electron chi connectivity index (χ2n) is 4.48. The van der Waals surface area contributed by atoms with Crippen LogP contribution in [0.25, 0.3) is 0 Å². The minimum absolute atomic E-state index is 0.241. The number of carbonyl (C=O) groups is 1. The average molecular weight is 245 g/mol. The Balaban J connectivity index is 4.36. The minimum atomic E-state index is -0.715. The average Bonchev–Trinajstić information content (AvgIpc) is 2.31. The summed E-state index contributed by atoms with van der Waals surface area (Å²) in [5.41, 5.74) is 0. The number of methoxy groups -OCH3 is 1. The number of aliphatic carboxylic acids is 1. The van der Waals surface area contributed by atoms with E-state index in [1.807, 2.05) is 0 Å². The van der Waals surface area contributed by atoms with Gasteiger partial charge in [-0.2, -0.15) is 0 Å². The number of rotatable bonds is 10. The standard InChI is InChI=1S/C13H27NO3/c1-5-12(6-2)14(9-10-17-4)11(3)7-8-13(15)16/h11-12H,5-10H2,1-4H3,(H,15,16). The zero-order valence-electron chi connectivity index (χ0n) is 11.6. The Morgan fingerprint density at radius 3 is 2.35 bits per heavy atom. The van der Waals surface area contributed by atoms with Crippen LogP contribution in [0.15, 0.2) is 0 Å². The summed E-state index contributed by atoms with van der Waals surface area (Å²) in [7, 11) is 1.70. The van der Waals surface area contributed by atoms with Gasteiger partial charge in [0.15, 0.2) is 0 Å². The lowest BCUT2D eigenvalue weighted by molar-refractivity contribution is -0.137. The molecule has 1 unspecified atom stereocenters. The molecule has 0 aliphatic rings. The number of carboxylic acids is 1. The van der Waals surface area contributed by atoms with E-state index in [0.717, 1.165) is 19.4 Å². The first kappa shape index (κ1) is 16.4. The molecule has 0 saturated carbocycles. The fraction of sp³-hybridized carbons (Fsp3) is 0.923. The van der Waals surface area contributed by atoms with E-state index in [1.165, 1.54) is 0 Å². The van der Waals surface area contributed by atoms with Gasteiger partial charge in [0.1, 0.15) is 0 Å². The third kappa shape index (κ3) is 6.64. The quantitative estimate of drug-likeness (QED) is 0.642. The molecule has 1 N–H and O–H groups in total. The molecule has 4 heteroatoms. The molecular formula is C13H27NO3. The van der Waals surface area contributed by atoms with Crippen LogP contribution < -0.4 is 0 Å². The highest BCUT2D eigenvalue weighted by molar-refractivity contribution is 5.66. The highest BCUT2D eigenvalue weighted by Crippen LogP contribution is 2.15. The number of carboxylic acid groups (broad SMARTS) is 1. The normalized spacial score (nSPS) is 13.3. The molecule has 17 heavy (non-hydrogen) atoms. The van der Waals surface area contributed by atoms with Crippen molar-refractivity contribution in [1.82, 2.24) is 4.90 Å². The van der Waals surface area contributed by atoms with Crippen LogP contribution in [0.4, 0.5) is 0 Å². The van der Waals surface area contributed by atoms with E-state index in [-0.39, 0.29) is 6.42 Å². The zero-order chi connectivity index (χ0) is 13.3. The van der Waals surface area contributed by atoms with Crippen LogP contribution in [0, 0.1) is 0 Å². The summed E-state index contributed by atoms with van der Waals surface area (Å²) in [6.07, 6.45) is 3.13. The summed E-state index contributed by atoms with van der Waals surface area (Å²) in [6, 6.07) is 0.820.